The zero-order valence-electron chi connectivity index (χ0n) is 7.72. The van der Waals surface area contributed by atoms with E-state index >= 15 is 0 Å². The third kappa shape index (κ3) is 1.20. The third-order valence-corrected chi connectivity index (χ3v) is 1.81. The van der Waals surface area contributed by atoms with Gasteiger partial charge in [0.25, 0.3) is 11.6 Å². The molecule has 0 aliphatic rings. The first-order valence-corrected chi connectivity index (χ1v) is 4.02. The van der Waals surface area contributed by atoms with Crippen LogP contribution in [0, 0.1) is 13.8 Å². The van der Waals surface area contributed by atoms with Gasteiger partial charge in [0.15, 0.2) is 0 Å². The second kappa shape index (κ2) is 2.76. The Bertz CT molecular complexity index is 517. The summed E-state index contributed by atoms with van der Waals surface area (Å²) in [6.45, 7) is 3.64. The van der Waals surface area contributed by atoms with E-state index in [1.165, 1.54) is 4.52 Å². The van der Waals surface area contributed by atoms with Gasteiger partial charge < -0.3 is 5.11 Å². The fourth-order valence-electron chi connectivity index (χ4n) is 1.26. The number of carboxylic acids is 1. The minimum Gasteiger partial charge on any atom is -0.475 e. The maximum Gasteiger partial charge on any atom is 0.375 e. The van der Waals surface area contributed by atoms with Crippen molar-refractivity contribution in [3.8, 4) is 0 Å². The predicted octanol–water partition coefficient (Wildman–Crippen LogP) is 0.439. The molecular weight excluding hydrogens is 184 g/mol. The number of carboxylic acid groups (broad SMARTS) is 1. The van der Waals surface area contributed by atoms with E-state index in [0.29, 0.717) is 5.78 Å². The molecule has 0 amide bonds. The molecule has 2 aromatic rings. The maximum absolute atomic E-state index is 10.6. The highest BCUT2D eigenvalue weighted by molar-refractivity contribution is 5.83. The van der Waals surface area contributed by atoms with Crippen molar-refractivity contribution in [1.29, 1.82) is 0 Å². The smallest absolute Gasteiger partial charge is 0.375 e. The molecule has 0 aliphatic heterocycles. The summed E-state index contributed by atoms with van der Waals surface area (Å²) in [6.07, 6.45) is 0. The van der Waals surface area contributed by atoms with Crippen molar-refractivity contribution in [2.24, 2.45) is 0 Å². The molecule has 0 radical (unpaired) electrons. The zero-order valence-corrected chi connectivity index (χ0v) is 7.72. The number of fused-ring (bicyclic) bond motifs is 1. The van der Waals surface area contributed by atoms with Crippen LogP contribution in [-0.4, -0.2) is 30.7 Å². The number of aryl methyl sites for hydroxylation is 2. The predicted molar refractivity (Wildman–Crippen MR) is 47.2 cm³/mol. The second-order valence-electron chi connectivity index (χ2n) is 2.99. The van der Waals surface area contributed by atoms with E-state index < -0.39 is 5.97 Å². The molecule has 0 atom stereocenters. The van der Waals surface area contributed by atoms with Crippen LogP contribution in [-0.2, 0) is 0 Å². The van der Waals surface area contributed by atoms with E-state index in [1.54, 1.807) is 0 Å². The van der Waals surface area contributed by atoms with Crippen molar-refractivity contribution in [2.75, 3.05) is 0 Å². The summed E-state index contributed by atoms with van der Waals surface area (Å²) in [4.78, 5) is 18.4. The van der Waals surface area contributed by atoms with Crippen LogP contribution >= 0.6 is 0 Å². The Morgan fingerprint density at radius 1 is 1.43 bits per heavy atom. The number of rotatable bonds is 1. The molecule has 72 valence electrons. The number of carbonyl (C=O) groups is 1. The van der Waals surface area contributed by atoms with Crippen molar-refractivity contribution in [1.82, 2.24) is 19.6 Å². The second-order valence-corrected chi connectivity index (χ2v) is 2.99. The number of aromatic nitrogens is 4. The van der Waals surface area contributed by atoms with Crippen molar-refractivity contribution in [3.05, 3.63) is 23.3 Å². The Labute approximate surface area is 79.2 Å². The van der Waals surface area contributed by atoms with Gasteiger partial charge in [0.05, 0.1) is 0 Å². The average molecular weight is 192 g/mol. The van der Waals surface area contributed by atoms with Gasteiger partial charge in [-0.3, -0.25) is 0 Å². The van der Waals surface area contributed by atoms with Crippen molar-refractivity contribution in [2.45, 2.75) is 13.8 Å². The quantitative estimate of drug-likeness (QED) is 0.709. The van der Waals surface area contributed by atoms with Crippen LogP contribution in [0.2, 0.25) is 0 Å². The summed E-state index contributed by atoms with van der Waals surface area (Å²) < 4.78 is 1.41. The normalized spacial score (nSPS) is 10.7. The van der Waals surface area contributed by atoms with E-state index in [1.807, 2.05) is 19.9 Å². The molecule has 0 fully saturated rings. The first-order valence-electron chi connectivity index (χ1n) is 4.02. The van der Waals surface area contributed by atoms with E-state index in [0.717, 1.165) is 11.4 Å². The van der Waals surface area contributed by atoms with Crippen LogP contribution in [0.4, 0.5) is 0 Å². The van der Waals surface area contributed by atoms with Crippen molar-refractivity contribution in [3.63, 3.8) is 0 Å². The molecule has 0 saturated heterocycles. The van der Waals surface area contributed by atoms with Gasteiger partial charge in [0.2, 0.25) is 0 Å². The first kappa shape index (κ1) is 8.61. The highest BCUT2D eigenvalue weighted by atomic mass is 16.4. The van der Waals surface area contributed by atoms with Gasteiger partial charge in [-0.25, -0.2) is 14.3 Å². The van der Waals surface area contributed by atoms with Crippen LogP contribution in [0.1, 0.15) is 22.0 Å². The van der Waals surface area contributed by atoms with Crippen LogP contribution < -0.4 is 0 Å². The van der Waals surface area contributed by atoms with Gasteiger partial charge in [-0.1, -0.05) is 0 Å². The Kier molecular flexibility index (Phi) is 1.70. The fraction of sp³-hybridized carbons (Fsp3) is 0.250. The lowest BCUT2D eigenvalue weighted by atomic mass is 10.4. The molecule has 6 nitrogen and oxygen atoms in total. The molecule has 14 heavy (non-hydrogen) atoms. The third-order valence-electron chi connectivity index (χ3n) is 1.81. The van der Waals surface area contributed by atoms with Gasteiger partial charge in [0, 0.05) is 11.4 Å². The minimum absolute atomic E-state index is 0.230. The van der Waals surface area contributed by atoms with Crippen LogP contribution in [0.5, 0.6) is 0 Å². The molecule has 0 saturated carbocycles. The fourth-order valence-corrected chi connectivity index (χ4v) is 1.26. The zero-order chi connectivity index (χ0) is 10.3. The summed E-state index contributed by atoms with van der Waals surface area (Å²) >= 11 is 0. The number of hydrogen-bond acceptors (Lipinski definition) is 4. The molecule has 0 aliphatic carbocycles. The monoisotopic (exact) mass is 192 g/mol. The van der Waals surface area contributed by atoms with E-state index in [-0.39, 0.29) is 5.82 Å². The lowest BCUT2D eigenvalue weighted by Gasteiger charge is -1.97. The van der Waals surface area contributed by atoms with Gasteiger partial charge >= 0.3 is 5.97 Å². The Hall–Kier alpha value is -1.98. The Balaban J connectivity index is 2.76. The van der Waals surface area contributed by atoms with E-state index in [4.69, 9.17) is 5.11 Å². The van der Waals surface area contributed by atoms with Crippen LogP contribution in [0.15, 0.2) is 6.07 Å². The van der Waals surface area contributed by atoms with Gasteiger partial charge in [0.1, 0.15) is 0 Å². The first-order chi connectivity index (χ1) is 6.58. The summed E-state index contributed by atoms with van der Waals surface area (Å²) in [5.41, 5.74) is 1.60. The summed E-state index contributed by atoms with van der Waals surface area (Å²) in [5.74, 6) is -1.06. The van der Waals surface area contributed by atoms with Crippen LogP contribution in [0.3, 0.4) is 0 Å². The number of nitrogens with zero attached hydrogens (tertiary/aromatic N) is 4. The van der Waals surface area contributed by atoms with Crippen LogP contribution in [0.25, 0.3) is 5.78 Å². The largest absolute Gasteiger partial charge is 0.475 e. The van der Waals surface area contributed by atoms with Gasteiger partial charge in [-0.05, 0) is 19.9 Å². The van der Waals surface area contributed by atoms with Crippen molar-refractivity contribution >= 4 is 11.7 Å². The molecule has 2 rings (SSSR count). The molecule has 0 spiro atoms. The molecule has 0 aromatic carbocycles. The molecule has 6 heteroatoms. The molecule has 2 heterocycles. The lowest BCUT2D eigenvalue weighted by molar-refractivity contribution is 0.0684. The van der Waals surface area contributed by atoms with E-state index in [2.05, 4.69) is 15.1 Å². The van der Waals surface area contributed by atoms with E-state index in [9.17, 15) is 4.79 Å². The molecule has 0 bridgehead atoms. The minimum atomic E-state index is -1.15. The summed E-state index contributed by atoms with van der Waals surface area (Å²) in [7, 11) is 0. The molecule has 0 unspecified atom stereocenters. The SMILES string of the molecule is Cc1cc(C)n2nc(C(=O)O)nc2n1. The average Bonchev–Trinajstić information content (AvgIpc) is 2.47. The Morgan fingerprint density at radius 2 is 2.14 bits per heavy atom. The van der Waals surface area contributed by atoms with Gasteiger partial charge in [-0.15, -0.1) is 5.10 Å². The molecule has 2 aromatic heterocycles. The maximum atomic E-state index is 10.6. The highest BCUT2D eigenvalue weighted by Crippen LogP contribution is 2.04. The van der Waals surface area contributed by atoms with Crippen molar-refractivity contribution < 1.29 is 9.90 Å². The van der Waals surface area contributed by atoms with Gasteiger partial charge in [-0.2, -0.15) is 4.98 Å². The molecular formula is C8H8N4O2. The number of hydrogen-bond donors (Lipinski definition) is 1. The summed E-state index contributed by atoms with van der Waals surface area (Å²) in [6, 6.07) is 1.81. The standard InChI is InChI=1S/C8H8N4O2/c1-4-3-5(2)12-8(9-4)10-6(11-12)7(13)14/h3H,1-2H3,(H,13,14). The Morgan fingerprint density at radius 3 is 2.79 bits per heavy atom. The topological polar surface area (TPSA) is 80.4 Å². The summed E-state index contributed by atoms with van der Waals surface area (Å²) in [5, 5.41) is 12.5. The number of aromatic carboxylic acids is 1. The highest BCUT2D eigenvalue weighted by Gasteiger charge is 2.12. The lowest BCUT2D eigenvalue weighted by Crippen LogP contribution is -2.00. The molecule has 1 N–H and O–H groups in total.